The quantitative estimate of drug-likeness (QED) is 0.868. The van der Waals surface area contributed by atoms with Crippen LogP contribution in [0.1, 0.15) is 18.5 Å². The number of nitrogens with one attached hydrogen (secondary N) is 1. The molecule has 1 aliphatic heterocycles. The van der Waals surface area contributed by atoms with Gasteiger partial charge in [-0.1, -0.05) is 6.07 Å². The van der Waals surface area contributed by atoms with Gasteiger partial charge in [-0.25, -0.2) is 13.2 Å². The van der Waals surface area contributed by atoms with Crippen molar-refractivity contribution in [1.82, 2.24) is 0 Å². The van der Waals surface area contributed by atoms with Crippen molar-refractivity contribution < 1.29 is 22.6 Å². The smallest absolute Gasteiger partial charge is 0.231 e. The van der Waals surface area contributed by atoms with E-state index in [4.69, 9.17) is 9.47 Å². The van der Waals surface area contributed by atoms with Crippen molar-refractivity contribution in [3.8, 4) is 11.5 Å². The number of halogens is 3. The second kappa shape index (κ2) is 5.20. The van der Waals surface area contributed by atoms with Crippen LogP contribution in [0.2, 0.25) is 0 Å². The minimum atomic E-state index is -1.48. The van der Waals surface area contributed by atoms with E-state index in [1.165, 1.54) is 0 Å². The molecule has 1 heterocycles. The Hall–Kier alpha value is -2.37. The Morgan fingerprint density at radius 1 is 1.00 bits per heavy atom. The maximum absolute atomic E-state index is 13.2. The van der Waals surface area contributed by atoms with Gasteiger partial charge in [-0.2, -0.15) is 0 Å². The summed E-state index contributed by atoms with van der Waals surface area (Å²) in [5, 5.41) is 2.92. The van der Waals surface area contributed by atoms with Gasteiger partial charge in [0.2, 0.25) is 6.79 Å². The second-order valence-electron chi connectivity index (χ2n) is 4.73. The lowest BCUT2D eigenvalue weighted by molar-refractivity contribution is 0.174. The summed E-state index contributed by atoms with van der Waals surface area (Å²) in [5.41, 5.74) is 1.01. The topological polar surface area (TPSA) is 30.5 Å². The zero-order valence-corrected chi connectivity index (χ0v) is 11.1. The van der Waals surface area contributed by atoms with Crippen LogP contribution in [0.5, 0.6) is 11.5 Å². The van der Waals surface area contributed by atoms with Gasteiger partial charge in [-0.15, -0.1) is 0 Å². The van der Waals surface area contributed by atoms with Crippen molar-refractivity contribution in [3.05, 3.63) is 53.3 Å². The number of hydrogen-bond acceptors (Lipinski definition) is 3. The molecule has 0 bridgehead atoms. The molecule has 0 fully saturated rings. The molecule has 1 N–H and O–H groups in total. The molecule has 110 valence electrons. The second-order valence-corrected chi connectivity index (χ2v) is 4.73. The molecule has 2 aromatic carbocycles. The van der Waals surface area contributed by atoms with Crippen LogP contribution in [0.3, 0.4) is 0 Å². The summed E-state index contributed by atoms with van der Waals surface area (Å²) in [4.78, 5) is 0. The van der Waals surface area contributed by atoms with Gasteiger partial charge in [0.15, 0.2) is 29.0 Å². The van der Waals surface area contributed by atoms with Crippen LogP contribution in [0.15, 0.2) is 30.3 Å². The average molecular weight is 295 g/mol. The Morgan fingerprint density at radius 3 is 2.38 bits per heavy atom. The first-order valence-electron chi connectivity index (χ1n) is 6.35. The maximum atomic E-state index is 13.2. The van der Waals surface area contributed by atoms with Crippen LogP contribution in [0, 0.1) is 17.5 Å². The summed E-state index contributed by atoms with van der Waals surface area (Å²) in [6.07, 6.45) is 0. The summed E-state index contributed by atoms with van der Waals surface area (Å²) in [6.45, 7) is 1.99. The summed E-state index contributed by atoms with van der Waals surface area (Å²) >= 11 is 0. The van der Waals surface area contributed by atoms with E-state index in [0.29, 0.717) is 11.5 Å². The first-order valence-corrected chi connectivity index (χ1v) is 6.35. The van der Waals surface area contributed by atoms with Gasteiger partial charge in [-0.05, 0) is 24.6 Å². The Balaban J connectivity index is 1.81. The van der Waals surface area contributed by atoms with Crippen molar-refractivity contribution in [1.29, 1.82) is 0 Å². The van der Waals surface area contributed by atoms with Crippen molar-refractivity contribution in [3.63, 3.8) is 0 Å². The predicted octanol–water partition coefficient (Wildman–Crippen LogP) is 4.01. The highest BCUT2D eigenvalue weighted by molar-refractivity contribution is 5.49. The summed E-state index contributed by atoms with van der Waals surface area (Å²) in [6, 6.07) is 6.96. The Labute approximate surface area is 119 Å². The van der Waals surface area contributed by atoms with Crippen molar-refractivity contribution in [2.45, 2.75) is 13.0 Å². The van der Waals surface area contributed by atoms with Gasteiger partial charge in [0.05, 0.1) is 0 Å². The number of fused-ring (bicyclic) bond motifs is 1. The first-order chi connectivity index (χ1) is 10.0. The van der Waals surface area contributed by atoms with E-state index in [9.17, 15) is 13.2 Å². The molecule has 2 aromatic rings. The van der Waals surface area contributed by atoms with Crippen LogP contribution in [-0.2, 0) is 0 Å². The molecule has 1 aliphatic rings. The van der Waals surface area contributed by atoms with Crippen LogP contribution in [0.4, 0.5) is 18.9 Å². The highest BCUT2D eigenvalue weighted by Crippen LogP contribution is 2.35. The molecule has 6 heteroatoms. The predicted molar refractivity (Wildman–Crippen MR) is 70.9 cm³/mol. The van der Waals surface area contributed by atoms with E-state index in [2.05, 4.69) is 5.32 Å². The van der Waals surface area contributed by atoms with Crippen LogP contribution < -0.4 is 14.8 Å². The number of benzene rings is 2. The minimum absolute atomic E-state index is 0.163. The SMILES string of the molecule is CC(Nc1cc(F)c(F)c(F)c1)c1ccc2c(c1)OCO2. The fraction of sp³-hybridized carbons (Fsp3) is 0.200. The number of rotatable bonds is 3. The number of anilines is 1. The highest BCUT2D eigenvalue weighted by atomic mass is 19.2. The van der Waals surface area contributed by atoms with Gasteiger partial charge < -0.3 is 14.8 Å². The molecule has 1 atom stereocenters. The van der Waals surface area contributed by atoms with Gasteiger partial charge >= 0.3 is 0 Å². The highest BCUT2D eigenvalue weighted by Gasteiger charge is 2.17. The molecule has 0 saturated heterocycles. The molecule has 0 aliphatic carbocycles. The molecule has 0 spiro atoms. The van der Waals surface area contributed by atoms with Crippen molar-refractivity contribution in [2.24, 2.45) is 0 Å². The lowest BCUT2D eigenvalue weighted by Crippen LogP contribution is -2.07. The number of hydrogen-bond donors (Lipinski definition) is 1. The van der Waals surface area contributed by atoms with E-state index in [1.807, 2.05) is 13.0 Å². The lowest BCUT2D eigenvalue weighted by Gasteiger charge is -2.16. The number of ether oxygens (including phenoxy) is 2. The van der Waals surface area contributed by atoms with Crippen LogP contribution >= 0.6 is 0 Å². The first kappa shape index (κ1) is 13.6. The monoisotopic (exact) mass is 295 g/mol. The summed E-state index contributed by atoms with van der Waals surface area (Å²) in [5.74, 6) is -2.65. The average Bonchev–Trinajstić information content (AvgIpc) is 2.91. The third-order valence-electron chi connectivity index (χ3n) is 3.26. The molecular formula is C15H12F3NO2. The van der Waals surface area contributed by atoms with E-state index in [0.717, 1.165) is 17.7 Å². The van der Waals surface area contributed by atoms with Crippen LogP contribution in [0.25, 0.3) is 0 Å². The molecule has 3 nitrogen and oxygen atoms in total. The lowest BCUT2D eigenvalue weighted by atomic mass is 10.1. The van der Waals surface area contributed by atoms with Crippen molar-refractivity contribution in [2.75, 3.05) is 12.1 Å². The van der Waals surface area contributed by atoms with Gasteiger partial charge in [0.1, 0.15) is 0 Å². The third-order valence-corrected chi connectivity index (χ3v) is 3.26. The zero-order valence-electron chi connectivity index (χ0n) is 11.1. The summed E-state index contributed by atoms with van der Waals surface area (Å²) < 4.78 is 49.8. The van der Waals surface area contributed by atoms with Gasteiger partial charge in [0, 0.05) is 23.9 Å². The molecule has 0 amide bonds. The molecular weight excluding hydrogens is 283 g/mol. The molecule has 21 heavy (non-hydrogen) atoms. The zero-order chi connectivity index (χ0) is 15.0. The Kier molecular flexibility index (Phi) is 3.37. The summed E-state index contributed by atoms with van der Waals surface area (Å²) in [7, 11) is 0. The Bertz CT molecular complexity index is 668. The van der Waals surface area contributed by atoms with E-state index in [-0.39, 0.29) is 18.5 Å². The fourth-order valence-electron chi connectivity index (χ4n) is 2.15. The minimum Gasteiger partial charge on any atom is -0.454 e. The largest absolute Gasteiger partial charge is 0.454 e. The molecule has 0 radical (unpaired) electrons. The normalized spacial score (nSPS) is 14.1. The molecule has 0 saturated carbocycles. The molecule has 1 unspecified atom stereocenters. The third kappa shape index (κ3) is 2.61. The standard InChI is InChI=1S/C15H12F3NO2/c1-8(9-2-3-13-14(4-9)21-7-20-13)19-10-5-11(16)15(18)12(17)6-10/h2-6,8,19H,7H2,1H3. The molecule has 0 aromatic heterocycles. The van der Waals surface area contributed by atoms with E-state index >= 15 is 0 Å². The maximum Gasteiger partial charge on any atom is 0.231 e. The van der Waals surface area contributed by atoms with Gasteiger partial charge in [-0.3, -0.25) is 0 Å². The van der Waals surface area contributed by atoms with E-state index in [1.54, 1.807) is 12.1 Å². The molecule has 3 rings (SSSR count). The van der Waals surface area contributed by atoms with Crippen molar-refractivity contribution >= 4 is 5.69 Å². The van der Waals surface area contributed by atoms with Crippen LogP contribution in [-0.4, -0.2) is 6.79 Å². The fourth-order valence-corrected chi connectivity index (χ4v) is 2.15. The van der Waals surface area contributed by atoms with Gasteiger partial charge in [0.25, 0.3) is 0 Å². The Morgan fingerprint density at radius 2 is 1.67 bits per heavy atom. The van der Waals surface area contributed by atoms with E-state index < -0.39 is 17.5 Å².